The highest BCUT2D eigenvalue weighted by molar-refractivity contribution is 6.12. The van der Waals surface area contributed by atoms with E-state index >= 15 is 0 Å². The molecule has 0 unspecified atom stereocenters. The van der Waals surface area contributed by atoms with Crippen LogP contribution in [0.4, 0.5) is 18.9 Å². The molecule has 0 atom stereocenters. The quantitative estimate of drug-likeness (QED) is 0.341. The van der Waals surface area contributed by atoms with Gasteiger partial charge in [0.15, 0.2) is 23.8 Å². The first-order valence-electron chi connectivity index (χ1n) is 11.0. The lowest BCUT2D eigenvalue weighted by Crippen LogP contribution is -2.22. The molecule has 1 amide bonds. The smallest absolute Gasteiger partial charge is 0.418 e. The van der Waals surface area contributed by atoms with Crippen molar-refractivity contribution in [1.29, 1.82) is 0 Å². The third-order valence-corrected chi connectivity index (χ3v) is 5.28. The molecule has 0 spiro atoms. The Kier molecular flexibility index (Phi) is 7.28. The molecule has 0 saturated heterocycles. The molecule has 0 saturated carbocycles. The van der Waals surface area contributed by atoms with Gasteiger partial charge in [0.25, 0.3) is 5.91 Å². The summed E-state index contributed by atoms with van der Waals surface area (Å²) in [5.74, 6) is -0.766. The van der Waals surface area contributed by atoms with Crippen LogP contribution in [0, 0.1) is 6.92 Å². The molecule has 4 rings (SSSR count). The number of amides is 1. The molecule has 190 valence electrons. The van der Waals surface area contributed by atoms with Crippen molar-refractivity contribution in [3.05, 3.63) is 94.7 Å². The number of esters is 1. The van der Waals surface area contributed by atoms with Gasteiger partial charge in [-0.3, -0.25) is 4.79 Å². The van der Waals surface area contributed by atoms with Crippen LogP contribution in [0.15, 0.2) is 77.4 Å². The normalized spacial score (nSPS) is 14.2. The summed E-state index contributed by atoms with van der Waals surface area (Å²) in [5, 5.41) is 2.21. The minimum absolute atomic E-state index is 0.0917. The maximum atomic E-state index is 13.1. The summed E-state index contributed by atoms with van der Waals surface area (Å²) in [6.45, 7) is 1.39. The Morgan fingerprint density at radius 2 is 1.78 bits per heavy atom. The number of nitrogens with one attached hydrogen (secondary N) is 1. The minimum atomic E-state index is -4.62. The molecule has 3 aromatic rings. The van der Waals surface area contributed by atoms with Crippen LogP contribution in [0.25, 0.3) is 6.08 Å². The predicted octanol–water partition coefficient (Wildman–Crippen LogP) is 5.38. The largest absolute Gasteiger partial charge is 0.493 e. The number of nitrogens with zero attached hydrogens (tertiary/aromatic N) is 1. The number of carbonyl (C=O) groups excluding carboxylic acids is 2. The number of alkyl halides is 3. The van der Waals surface area contributed by atoms with Crippen molar-refractivity contribution in [3.8, 4) is 11.5 Å². The lowest BCUT2D eigenvalue weighted by molar-refractivity contribution is -0.137. The lowest BCUT2D eigenvalue weighted by Gasteiger charge is -2.14. The number of benzene rings is 3. The van der Waals surface area contributed by atoms with Gasteiger partial charge in [0.05, 0.1) is 18.4 Å². The van der Waals surface area contributed by atoms with Crippen LogP contribution < -0.4 is 14.8 Å². The number of hydrogen-bond donors (Lipinski definition) is 1. The molecular formula is C27H21F3N2O5. The first kappa shape index (κ1) is 25.5. The molecule has 1 aliphatic heterocycles. The fraction of sp³-hybridized carbons (Fsp3) is 0.148. The monoisotopic (exact) mass is 510 g/mol. The number of hydrogen-bond acceptors (Lipinski definition) is 6. The highest BCUT2D eigenvalue weighted by Crippen LogP contribution is 2.35. The number of methoxy groups -OCH3 is 1. The van der Waals surface area contributed by atoms with Gasteiger partial charge < -0.3 is 19.5 Å². The van der Waals surface area contributed by atoms with E-state index in [-0.39, 0.29) is 28.8 Å². The fourth-order valence-corrected chi connectivity index (χ4v) is 3.45. The van der Waals surface area contributed by atoms with Crippen LogP contribution in [0.3, 0.4) is 0 Å². The highest BCUT2D eigenvalue weighted by atomic mass is 19.4. The van der Waals surface area contributed by atoms with Crippen molar-refractivity contribution in [3.63, 3.8) is 0 Å². The van der Waals surface area contributed by atoms with Crippen molar-refractivity contribution < 1.29 is 37.0 Å². The van der Waals surface area contributed by atoms with E-state index in [0.29, 0.717) is 11.1 Å². The van der Waals surface area contributed by atoms with Crippen molar-refractivity contribution in [1.82, 2.24) is 0 Å². The van der Waals surface area contributed by atoms with Crippen LogP contribution in [0.5, 0.6) is 11.5 Å². The number of rotatable bonds is 7. The first-order chi connectivity index (χ1) is 17.6. The zero-order chi connectivity index (χ0) is 26.6. The van der Waals surface area contributed by atoms with Gasteiger partial charge in [0.1, 0.15) is 0 Å². The first-order valence-corrected chi connectivity index (χ1v) is 11.0. The molecular weight excluding hydrogens is 489 g/mol. The lowest BCUT2D eigenvalue weighted by atomic mass is 10.1. The SMILES string of the molecule is COc1cc(/C=C2/N=C(c3ccc(C)cc3)OC2=O)ccc1OCC(=O)Nc1ccccc1C(F)(F)F. The second-order valence-corrected chi connectivity index (χ2v) is 7.99. The van der Waals surface area contributed by atoms with Gasteiger partial charge in [-0.1, -0.05) is 35.9 Å². The number of ether oxygens (including phenoxy) is 3. The van der Waals surface area contributed by atoms with E-state index in [0.717, 1.165) is 17.7 Å². The summed E-state index contributed by atoms with van der Waals surface area (Å²) in [6, 6.07) is 16.7. The molecule has 1 heterocycles. The van der Waals surface area contributed by atoms with Crippen molar-refractivity contribution in [2.24, 2.45) is 4.99 Å². The van der Waals surface area contributed by atoms with E-state index in [2.05, 4.69) is 10.3 Å². The van der Waals surface area contributed by atoms with Gasteiger partial charge in [-0.05, 0) is 55.0 Å². The average molecular weight is 510 g/mol. The molecule has 1 N–H and O–H groups in total. The maximum absolute atomic E-state index is 13.1. The Balaban J connectivity index is 1.45. The van der Waals surface area contributed by atoms with Crippen LogP contribution in [-0.4, -0.2) is 31.5 Å². The van der Waals surface area contributed by atoms with E-state index < -0.39 is 30.2 Å². The number of para-hydroxylation sites is 1. The van der Waals surface area contributed by atoms with Gasteiger partial charge in [-0.25, -0.2) is 9.79 Å². The number of aliphatic imine (C=N–C) groups is 1. The van der Waals surface area contributed by atoms with E-state index in [4.69, 9.17) is 14.2 Å². The van der Waals surface area contributed by atoms with Gasteiger partial charge in [-0.2, -0.15) is 13.2 Å². The van der Waals surface area contributed by atoms with E-state index in [1.54, 1.807) is 24.3 Å². The number of cyclic esters (lactones) is 1. The summed E-state index contributed by atoms with van der Waals surface area (Å²) in [6.07, 6.45) is -3.11. The standard InChI is InChI=1S/C27H21F3N2O5/c1-16-7-10-18(11-8-16)25-32-21(26(34)37-25)13-17-9-12-22(23(14-17)35-2)36-15-24(33)31-20-6-4-3-5-19(20)27(28,29)30/h3-14H,15H2,1-2H3,(H,31,33)/b21-13+. The van der Waals surface area contributed by atoms with Crippen LogP contribution >= 0.6 is 0 Å². The van der Waals surface area contributed by atoms with Crippen LogP contribution in [0.2, 0.25) is 0 Å². The Morgan fingerprint density at radius 3 is 2.49 bits per heavy atom. The Labute approximate surface area is 210 Å². The average Bonchev–Trinajstić information content (AvgIpc) is 3.23. The van der Waals surface area contributed by atoms with Crippen molar-refractivity contribution >= 4 is 29.5 Å². The second-order valence-electron chi connectivity index (χ2n) is 7.99. The molecule has 0 aromatic heterocycles. The summed E-state index contributed by atoms with van der Waals surface area (Å²) in [7, 11) is 1.39. The Bertz CT molecular complexity index is 1400. The maximum Gasteiger partial charge on any atom is 0.418 e. The molecule has 1 aliphatic rings. The minimum Gasteiger partial charge on any atom is -0.493 e. The molecule has 3 aromatic carbocycles. The molecule has 0 aliphatic carbocycles. The molecule has 0 fully saturated rings. The molecule has 37 heavy (non-hydrogen) atoms. The fourth-order valence-electron chi connectivity index (χ4n) is 3.45. The third kappa shape index (κ3) is 6.16. The molecule has 7 nitrogen and oxygen atoms in total. The summed E-state index contributed by atoms with van der Waals surface area (Å²) in [5.41, 5.74) is 1.04. The molecule has 0 bridgehead atoms. The number of anilines is 1. The topological polar surface area (TPSA) is 86.2 Å². The second kappa shape index (κ2) is 10.6. The highest BCUT2D eigenvalue weighted by Gasteiger charge is 2.33. The summed E-state index contributed by atoms with van der Waals surface area (Å²) in [4.78, 5) is 28.8. The third-order valence-electron chi connectivity index (χ3n) is 5.28. The Hall–Kier alpha value is -4.60. The summed E-state index contributed by atoms with van der Waals surface area (Å²) < 4.78 is 55.4. The van der Waals surface area contributed by atoms with E-state index in [9.17, 15) is 22.8 Å². The molecule has 10 heteroatoms. The van der Waals surface area contributed by atoms with Crippen molar-refractivity contribution in [2.75, 3.05) is 19.0 Å². The van der Waals surface area contributed by atoms with E-state index in [1.165, 1.54) is 31.4 Å². The number of carbonyl (C=O) groups is 2. The number of halogens is 3. The van der Waals surface area contributed by atoms with Crippen LogP contribution in [0.1, 0.15) is 22.3 Å². The van der Waals surface area contributed by atoms with E-state index in [1.807, 2.05) is 19.1 Å². The van der Waals surface area contributed by atoms with Gasteiger partial charge >= 0.3 is 12.1 Å². The van der Waals surface area contributed by atoms with Crippen LogP contribution in [-0.2, 0) is 20.5 Å². The zero-order valence-corrected chi connectivity index (χ0v) is 19.8. The van der Waals surface area contributed by atoms with Gasteiger partial charge in [-0.15, -0.1) is 0 Å². The number of aryl methyl sites for hydroxylation is 1. The molecule has 0 radical (unpaired) electrons. The predicted molar refractivity (Wildman–Crippen MR) is 130 cm³/mol. The Morgan fingerprint density at radius 1 is 1.05 bits per heavy atom. The zero-order valence-electron chi connectivity index (χ0n) is 19.8. The summed E-state index contributed by atoms with van der Waals surface area (Å²) >= 11 is 0. The van der Waals surface area contributed by atoms with Crippen molar-refractivity contribution in [2.45, 2.75) is 13.1 Å². The van der Waals surface area contributed by atoms with Gasteiger partial charge in [0, 0.05) is 5.56 Å². The van der Waals surface area contributed by atoms with Gasteiger partial charge in [0.2, 0.25) is 5.90 Å².